The van der Waals surface area contributed by atoms with Crippen LogP contribution in [-0.2, 0) is 16.4 Å². The lowest BCUT2D eigenvalue weighted by atomic mass is 10.0. The van der Waals surface area contributed by atoms with E-state index in [1.165, 1.54) is 23.2 Å². The normalized spacial score (nSPS) is 17.3. The van der Waals surface area contributed by atoms with Crippen molar-refractivity contribution >= 4 is 32.4 Å². The zero-order valence-corrected chi connectivity index (χ0v) is 16.3. The third kappa shape index (κ3) is 2.79. The van der Waals surface area contributed by atoms with Gasteiger partial charge in [0.1, 0.15) is 0 Å². The Hall–Kier alpha value is -2.74. The summed E-state index contributed by atoms with van der Waals surface area (Å²) < 4.78 is 28.4. The molecule has 28 heavy (non-hydrogen) atoms. The number of hydrogen-bond acceptors (Lipinski definition) is 4. The molecule has 146 valence electrons. The van der Waals surface area contributed by atoms with E-state index in [4.69, 9.17) is 0 Å². The number of benzene rings is 2. The first-order valence-corrected chi connectivity index (χ1v) is 11.1. The van der Waals surface area contributed by atoms with Crippen molar-refractivity contribution < 1.29 is 8.42 Å². The second kappa shape index (κ2) is 6.41. The molecule has 1 aromatic heterocycles. The number of rotatable bonds is 3. The molecule has 0 saturated carbocycles. The summed E-state index contributed by atoms with van der Waals surface area (Å²) in [5, 5.41) is 0. The van der Waals surface area contributed by atoms with Gasteiger partial charge in [-0.25, -0.2) is 13.2 Å². The summed E-state index contributed by atoms with van der Waals surface area (Å²) in [7, 11) is -3.72. The van der Waals surface area contributed by atoms with E-state index in [1.54, 1.807) is 12.1 Å². The molecular weight excluding hydrogens is 376 g/mol. The average Bonchev–Trinajstić information content (AvgIpc) is 3.35. The zero-order valence-electron chi connectivity index (χ0n) is 15.4. The van der Waals surface area contributed by atoms with Gasteiger partial charge in [-0.3, -0.25) is 4.31 Å². The zero-order chi connectivity index (χ0) is 19.3. The maximum absolute atomic E-state index is 13.4. The van der Waals surface area contributed by atoms with E-state index in [0.717, 1.165) is 42.9 Å². The SMILES string of the molecule is O=c1[nH]c2ccc(S(=O)(=O)N3CCCc4ccc(N5CCCC5)cc43)cc2[nH]1. The molecule has 2 aliphatic heterocycles. The Labute approximate surface area is 163 Å². The van der Waals surface area contributed by atoms with Crippen molar-refractivity contribution in [2.24, 2.45) is 0 Å². The number of aryl methyl sites for hydroxylation is 1. The van der Waals surface area contributed by atoms with Gasteiger partial charge in [-0.2, -0.15) is 0 Å². The highest BCUT2D eigenvalue weighted by Gasteiger charge is 2.30. The molecule has 0 spiro atoms. The molecule has 8 heteroatoms. The van der Waals surface area contributed by atoms with Crippen LogP contribution in [0, 0.1) is 0 Å². The van der Waals surface area contributed by atoms with Gasteiger partial charge < -0.3 is 14.9 Å². The van der Waals surface area contributed by atoms with Crippen LogP contribution in [0.1, 0.15) is 24.8 Å². The smallest absolute Gasteiger partial charge is 0.323 e. The van der Waals surface area contributed by atoms with E-state index >= 15 is 0 Å². The predicted molar refractivity (Wildman–Crippen MR) is 110 cm³/mol. The highest BCUT2D eigenvalue weighted by atomic mass is 32.2. The molecule has 2 N–H and O–H groups in total. The number of imidazole rings is 1. The van der Waals surface area contributed by atoms with E-state index in [9.17, 15) is 13.2 Å². The fourth-order valence-electron chi connectivity index (χ4n) is 4.25. The van der Waals surface area contributed by atoms with E-state index in [0.29, 0.717) is 17.6 Å². The molecule has 1 fully saturated rings. The van der Waals surface area contributed by atoms with Crippen molar-refractivity contribution in [2.75, 3.05) is 28.8 Å². The molecule has 0 atom stereocenters. The van der Waals surface area contributed by atoms with Crippen molar-refractivity contribution in [3.05, 3.63) is 52.4 Å². The lowest BCUT2D eigenvalue weighted by molar-refractivity contribution is 0.586. The van der Waals surface area contributed by atoms with Gasteiger partial charge in [-0.05, 0) is 61.6 Å². The minimum atomic E-state index is -3.72. The predicted octanol–water partition coefficient (Wildman–Crippen LogP) is 2.60. The molecule has 2 aliphatic rings. The number of aromatic nitrogens is 2. The largest absolute Gasteiger partial charge is 0.371 e. The van der Waals surface area contributed by atoms with Gasteiger partial charge in [-0.15, -0.1) is 0 Å². The standard InChI is InChI=1S/C20H22N4O3S/c25-20-21-17-8-7-16(13-18(17)22-20)28(26,27)24-11-3-4-14-5-6-15(12-19(14)24)23-9-1-2-10-23/h5-8,12-13H,1-4,9-11H2,(H2,21,22,25). The Morgan fingerprint density at radius 1 is 0.857 bits per heavy atom. The Morgan fingerprint density at radius 2 is 1.64 bits per heavy atom. The summed E-state index contributed by atoms with van der Waals surface area (Å²) in [5.74, 6) is 0. The van der Waals surface area contributed by atoms with Gasteiger partial charge in [0.05, 0.1) is 21.6 Å². The van der Waals surface area contributed by atoms with Crippen LogP contribution in [-0.4, -0.2) is 38.0 Å². The highest BCUT2D eigenvalue weighted by Crippen LogP contribution is 2.36. The average molecular weight is 398 g/mol. The van der Waals surface area contributed by atoms with Crippen LogP contribution in [0.15, 0.2) is 46.1 Å². The van der Waals surface area contributed by atoms with Crippen LogP contribution >= 0.6 is 0 Å². The molecule has 0 radical (unpaired) electrons. The minimum absolute atomic E-state index is 0.190. The van der Waals surface area contributed by atoms with Crippen molar-refractivity contribution in [1.29, 1.82) is 0 Å². The van der Waals surface area contributed by atoms with Gasteiger partial charge in [-0.1, -0.05) is 6.07 Å². The Bertz CT molecular complexity index is 1210. The van der Waals surface area contributed by atoms with E-state index < -0.39 is 10.0 Å². The molecule has 1 saturated heterocycles. The van der Waals surface area contributed by atoms with Gasteiger partial charge in [0, 0.05) is 25.3 Å². The van der Waals surface area contributed by atoms with Crippen LogP contribution in [0.3, 0.4) is 0 Å². The number of fused-ring (bicyclic) bond motifs is 2. The number of aromatic amines is 2. The molecule has 0 bridgehead atoms. The van der Waals surface area contributed by atoms with Crippen LogP contribution < -0.4 is 14.9 Å². The van der Waals surface area contributed by atoms with E-state index in [1.807, 2.05) is 6.07 Å². The first kappa shape index (κ1) is 17.4. The molecule has 7 nitrogen and oxygen atoms in total. The maximum Gasteiger partial charge on any atom is 0.323 e. The number of H-pyrrole nitrogens is 2. The molecule has 5 rings (SSSR count). The highest BCUT2D eigenvalue weighted by molar-refractivity contribution is 7.92. The Balaban J connectivity index is 1.58. The van der Waals surface area contributed by atoms with Crippen molar-refractivity contribution in [2.45, 2.75) is 30.6 Å². The van der Waals surface area contributed by atoms with Gasteiger partial charge in [0.2, 0.25) is 0 Å². The van der Waals surface area contributed by atoms with E-state index in [2.05, 4.69) is 27.0 Å². The molecular formula is C20H22N4O3S. The fourth-order valence-corrected chi connectivity index (χ4v) is 5.81. The number of nitrogens with zero attached hydrogens (tertiary/aromatic N) is 2. The third-order valence-corrected chi connectivity index (χ3v) is 7.50. The Morgan fingerprint density at radius 3 is 2.46 bits per heavy atom. The first-order chi connectivity index (χ1) is 13.5. The number of anilines is 2. The molecule has 0 amide bonds. The summed E-state index contributed by atoms with van der Waals surface area (Å²) >= 11 is 0. The lowest BCUT2D eigenvalue weighted by Gasteiger charge is -2.32. The fraction of sp³-hybridized carbons (Fsp3) is 0.350. The van der Waals surface area contributed by atoms with Crippen LogP contribution in [0.4, 0.5) is 11.4 Å². The van der Waals surface area contributed by atoms with Gasteiger partial charge in [0.15, 0.2) is 0 Å². The molecule has 3 aromatic rings. The third-order valence-electron chi connectivity index (χ3n) is 5.69. The first-order valence-electron chi connectivity index (χ1n) is 9.65. The number of nitrogens with one attached hydrogen (secondary N) is 2. The summed E-state index contributed by atoms with van der Waals surface area (Å²) in [5.41, 5.74) is 3.67. The summed E-state index contributed by atoms with van der Waals surface area (Å²) in [6.07, 6.45) is 4.02. The van der Waals surface area contributed by atoms with E-state index in [-0.39, 0.29) is 10.6 Å². The molecule has 0 unspecified atom stereocenters. The topological polar surface area (TPSA) is 89.3 Å². The molecule has 3 heterocycles. The lowest BCUT2D eigenvalue weighted by Crippen LogP contribution is -2.35. The molecule has 0 aliphatic carbocycles. The summed E-state index contributed by atoms with van der Waals surface area (Å²) in [6, 6.07) is 10.9. The second-order valence-electron chi connectivity index (χ2n) is 7.47. The minimum Gasteiger partial charge on any atom is -0.371 e. The van der Waals surface area contributed by atoms with Crippen LogP contribution in [0.5, 0.6) is 0 Å². The van der Waals surface area contributed by atoms with Gasteiger partial charge >= 0.3 is 5.69 Å². The maximum atomic E-state index is 13.4. The monoisotopic (exact) mass is 398 g/mol. The quantitative estimate of drug-likeness (QED) is 0.710. The Kier molecular flexibility index (Phi) is 3.97. The number of hydrogen-bond donors (Lipinski definition) is 2. The van der Waals surface area contributed by atoms with Crippen molar-refractivity contribution in [3.8, 4) is 0 Å². The van der Waals surface area contributed by atoms with Crippen LogP contribution in [0.2, 0.25) is 0 Å². The van der Waals surface area contributed by atoms with Crippen molar-refractivity contribution in [1.82, 2.24) is 9.97 Å². The van der Waals surface area contributed by atoms with Crippen LogP contribution in [0.25, 0.3) is 11.0 Å². The summed E-state index contributed by atoms with van der Waals surface area (Å²) in [4.78, 5) is 19.3. The van der Waals surface area contributed by atoms with Crippen molar-refractivity contribution in [3.63, 3.8) is 0 Å². The second-order valence-corrected chi connectivity index (χ2v) is 9.34. The number of sulfonamides is 1. The summed E-state index contributed by atoms with van der Waals surface area (Å²) in [6.45, 7) is 2.49. The van der Waals surface area contributed by atoms with Gasteiger partial charge in [0.25, 0.3) is 10.0 Å². The molecule has 2 aromatic carbocycles.